The van der Waals surface area contributed by atoms with Crippen LogP contribution in [0.5, 0.6) is 0 Å². The van der Waals surface area contributed by atoms with Crippen molar-refractivity contribution in [3.05, 3.63) is 0 Å². The lowest BCUT2D eigenvalue weighted by atomic mass is 10.2. The highest BCUT2D eigenvalue weighted by atomic mass is 32.1. The average molecular weight is 202 g/mol. The molecule has 0 saturated heterocycles. The number of hydrogen-bond acceptors (Lipinski definition) is 1. The van der Waals surface area contributed by atoms with Gasteiger partial charge < -0.3 is 10.2 Å². The van der Waals surface area contributed by atoms with Gasteiger partial charge in [0.25, 0.3) is 0 Å². The zero-order valence-corrected chi connectivity index (χ0v) is 9.91. The van der Waals surface area contributed by atoms with Crippen molar-refractivity contribution in [2.24, 2.45) is 0 Å². The SMILES string of the molecule is CCCCCCN(C)C(=S)NCC. The van der Waals surface area contributed by atoms with Gasteiger partial charge in [-0.15, -0.1) is 0 Å². The summed E-state index contributed by atoms with van der Waals surface area (Å²) in [4.78, 5) is 2.12. The van der Waals surface area contributed by atoms with Gasteiger partial charge in [0.1, 0.15) is 0 Å². The van der Waals surface area contributed by atoms with Crippen molar-refractivity contribution >= 4 is 17.3 Å². The molecule has 0 aliphatic rings. The molecule has 0 bridgehead atoms. The summed E-state index contributed by atoms with van der Waals surface area (Å²) in [7, 11) is 2.05. The van der Waals surface area contributed by atoms with E-state index in [9.17, 15) is 0 Å². The molecule has 13 heavy (non-hydrogen) atoms. The van der Waals surface area contributed by atoms with Crippen molar-refractivity contribution in [1.29, 1.82) is 0 Å². The van der Waals surface area contributed by atoms with E-state index in [1.165, 1.54) is 25.7 Å². The van der Waals surface area contributed by atoms with E-state index < -0.39 is 0 Å². The average Bonchev–Trinajstić information content (AvgIpc) is 2.12. The van der Waals surface area contributed by atoms with Crippen molar-refractivity contribution in [2.45, 2.75) is 39.5 Å². The Bertz CT molecular complexity index is 137. The number of nitrogens with one attached hydrogen (secondary N) is 1. The minimum absolute atomic E-state index is 0.874. The lowest BCUT2D eigenvalue weighted by Crippen LogP contribution is -2.37. The van der Waals surface area contributed by atoms with Crippen LogP contribution in [-0.4, -0.2) is 30.1 Å². The molecule has 2 nitrogen and oxygen atoms in total. The number of hydrogen-bond donors (Lipinski definition) is 1. The fraction of sp³-hybridized carbons (Fsp3) is 0.900. The normalized spacial score (nSPS) is 9.77. The standard InChI is InChI=1S/C10H22N2S/c1-4-6-7-8-9-12(3)10(13)11-5-2/h4-9H2,1-3H3,(H,11,13). The van der Waals surface area contributed by atoms with E-state index in [1.807, 2.05) is 0 Å². The molecule has 0 atom stereocenters. The maximum absolute atomic E-state index is 5.17. The van der Waals surface area contributed by atoms with Gasteiger partial charge in [-0.05, 0) is 25.6 Å². The molecule has 0 aliphatic carbocycles. The molecule has 0 amide bonds. The molecule has 0 fully saturated rings. The first kappa shape index (κ1) is 12.7. The molecule has 0 saturated carbocycles. The molecule has 0 unspecified atom stereocenters. The molecule has 0 rings (SSSR count). The Kier molecular flexibility index (Phi) is 8.10. The van der Waals surface area contributed by atoms with Crippen LogP contribution in [0.1, 0.15) is 39.5 Å². The second-order valence-corrected chi connectivity index (χ2v) is 3.70. The quantitative estimate of drug-likeness (QED) is 0.526. The second kappa shape index (κ2) is 8.30. The third kappa shape index (κ3) is 6.82. The van der Waals surface area contributed by atoms with Crippen LogP contribution in [0.25, 0.3) is 0 Å². The van der Waals surface area contributed by atoms with E-state index in [1.54, 1.807) is 0 Å². The summed E-state index contributed by atoms with van der Waals surface area (Å²) in [6, 6.07) is 0. The molecule has 0 spiro atoms. The molecule has 0 aromatic rings. The summed E-state index contributed by atoms with van der Waals surface area (Å²) in [6.45, 7) is 6.29. The van der Waals surface area contributed by atoms with Gasteiger partial charge in [0.05, 0.1) is 0 Å². The maximum atomic E-state index is 5.17. The van der Waals surface area contributed by atoms with Gasteiger partial charge in [0.15, 0.2) is 5.11 Å². The zero-order valence-electron chi connectivity index (χ0n) is 9.10. The summed E-state index contributed by atoms with van der Waals surface area (Å²) < 4.78 is 0. The van der Waals surface area contributed by atoms with Crippen molar-refractivity contribution < 1.29 is 0 Å². The van der Waals surface area contributed by atoms with Crippen LogP contribution < -0.4 is 5.32 Å². The second-order valence-electron chi connectivity index (χ2n) is 3.32. The van der Waals surface area contributed by atoms with Gasteiger partial charge in [0, 0.05) is 20.1 Å². The fourth-order valence-corrected chi connectivity index (χ4v) is 1.40. The summed E-state index contributed by atoms with van der Waals surface area (Å²) >= 11 is 5.17. The predicted octanol–water partition coefficient (Wildman–Crippen LogP) is 2.39. The van der Waals surface area contributed by atoms with Gasteiger partial charge in [-0.1, -0.05) is 26.2 Å². The third-order valence-electron chi connectivity index (χ3n) is 2.02. The number of nitrogens with zero attached hydrogens (tertiary/aromatic N) is 1. The van der Waals surface area contributed by atoms with Crippen molar-refractivity contribution in [3.8, 4) is 0 Å². The Balaban J connectivity index is 3.38. The lowest BCUT2D eigenvalue weighted by Gasteiger charge is -2.20. The van der Waals surface area contributed by atoms with Gasteiger partial charge >= 0.3 is 0 Å². The molecule has 78 valence electrons. The van der Waals surface area contributed by atoms with Crippen molar-refractivity contribution in [2.75, 3.05) is 20.1 Å². The molecule has 3 heteroatoms. The predicted molar refractivity (Wildman–Crippen MR) is 63.0 cm³/mol. The largest absolute Gasteiger partial charge is 0.363 e. The van der Waals surface area contributed by atoms with Crippen LogP contribution in [0.3, 0.4) is 0 Å². The first-order valence-electron chi connectivity index (χ1n) is 5.21. The van der Waals surface area contributed by atoms with Crippen LogP contribution >= 0.6 is 12.2 Å². The van der Waals surface area contributed by atoms with E-state index in [0.717, 1.165) is 18.2 Å². The molecular weight excluding hydrogens is 180 g/mol. The summed E-state index contributed by atoms with van der Waals surface area (Å²) in [6.07, 6.45) is 5.19. The number of thiocarbonyl (C=S) groups is 1. The summed E-state index contributed by atoms with van der Waals surface area (Å²) in [5.41, 5.74) is 0. The van der Waals surface area contributed by atoms with Crippen LogP contribution in [0.15, 0.2) is 0 Å². The summed E-state index contributed by atoms with van der Waals surface area (Å²) in [5, 5.41) is 4.02. The molecule has 0 aliphatic heterocycles. The fourth-order valence-electron chi connectivity index (χ4n) is 1.16. The lowest BCUT2D eigenvalue weighted by molar-refractivity contribution is 0.464. The molecule has 0 radical (unpaired) electrons. The highest BCUT2D eigenvalue weighted by molar-refractivity contribution is 7.80. The number of unbranched alkanes of at least 4 members (excludes halogenated alkanes) is 3. The first-order valence-corrected chi connectivity index (χ1v) is 5.62. The van der Waals surface area contributed by atoms with Crippen LogP contribution in [-0.2, 0) is 0 Å². The topological polar surface area (TPSA) is 15.3 Å². The van der Waals surface area contributed by atoms with Gasteiger partial charge in [0.2, 0.25) is 0 Å². The Morgan fingerprint density at radius 2 is 1.92 bits per heavy atom. The monoisotopic (exact) mass is 202 g/mol. The Labute approximate surface area is 87.7 Å². The molecular formula is C10H22N2S. The third-order valence-corrected chi connectivity index (χ3v) is 2.48. The summed E-state index contributed by atoms with van der Waals surface area (Å²) in [5.74, 6) is 0. The van der Waals surface area contributed by atoms with Gasteiger partial charge in [-0.25, -0.2) is 0 Å². The number of rotatable bonds is 6. The Morgan fingerprint density at radius 3 is 2.46 bits per heavy atom. The van der Waals surface area contributed by atoms with E-state index in [4.69, 9.17) is 12.2 Å². The minimum Gasteiger partial charge on any atom is -0.363 e. The van der Waals surface area contributed by atoms with Crippen LogP contribution in [0.2, 0.25) is 0 Å². The van der Waals surface area contributed by atoms with E-state index in [-0.39, 0.29) is 0 Å². The van der Waals surface area contributed by atoms with E-state index >= 15 is 0 Å². The van der Waals surface area contributed by atoms with Crippen molar-refractivity contribution in [3.63, 3.8) is 0 Å². The van der Waals surface area contributed by atoms with E-state index in [0.29, 0.717) is 0 Å². The van der Waals surface area contributed by atoms with E-state index in [2.05, 4.69) is 31.1 Å². The Morgan fingerprint density at radius 1 is 1.23 bits per heavy atom. The van der Waals surface area contributed by atoms with Crippen molar-refractivity contribution in [1.82, 2.24) is 10.2 Å². The molecule has 1 N–H and O–H groups in total. The Hall–Kier alpha value is -0.310. The zero-order chi connectivity index (χ0) is 10.1. The maximum Gasteiger partial charge on any atom is 0.168 e. The molecule has 0 heterocycles. The molecule has 0 aromatic heterocycles. The van der Waals surface area contributed by atoms with Gasteiger partial charge in [-0.3, -0.25) is 0 Å². The van der Waals surface area contributed by atoms with Gasteiger partial charge in [-0.2, -0.15) is 0 Å². The van der Waals surface area contributed by atoms with Crippen LogP contribution in [0.4, 0.5) is 0 Å². The minimum atomic E-state index is 0.874. The van der Waals surface area contributed by atoms with Crippen LogP contribution in [0, 0.1) is 0 Å². The highest BCUT2D eigenvalue weighted by Crippen LogP contribution is 2.00. The highest BCUT2D eigenvalue weighted by Gasteiger charge is 2.00. The molecule has 0 aromatic carbocycles. The smallest absolute Gasteiger partial charge is 0.168 e. The first-order chi connectivity index (χ1) is 6.22.